The number of carboxylic acids is 1. The van der Waals surface area contributed by atoms with Gasteiger partial charge in [0.15, 0.2) is 0 Å². The van der Waals surface area contributed by atoms with Crippen molar-refractivity contribution in [2.75, 3.05) is 13.1 Å². The zero-order valence-electron chi connectivity index (χ0n) is 11.3. The average Bonchev–Trinajstić information content (AvgIpc) is 2.68. The quantitative estimate of drug-likeness (QED) is 0.862. The normalized spacial score (nSPS) is 11.6. The maximum absolute atomic E-state index is 10.9. The number of rotatable bonds is 6. The second-order valence-electron chi connectivity index (χ2n) is 5.16. The highest BCUT2D eigenvalue weighted by atomic mass is 16.4. The molecule has 0 fully saturated rings. The van der Waals surface area contributed by atoms with Crippen LogP contribution in [-0.2, 0) is 11.3 Å². The summed E-state index contributed by atoms with van der Waals surface area (Å²) in [5.74, 6) is -0.374. The first kappa shape index (κ1) is 13.5. The molecule has 1 N–H and O–H groups in total. The van der Waals surface area contributed by atoms with Crippen LogP contribution in [0.4, 0.5) is 0 Å². The van der Waals surface area contributed by atoms with Crippen LogP contribution in [0.1, 0.15) is 19.5 Å². The van der Waals surface area contributed by atoms with Crippen molar-refractivity contribution in [2.45, 2.75) is 20.4 Å². The van der Waals surface area contributed by atoms with Gasteiger partial charge in [-0.2, -0.15) is 0 Å². The van der Waals surface area contributed by atoms with Crippen molar-refractivity contribution in [3.05, 3.63) is 36.3 Å². The van der Waals surface area contributed by atoms with Gasteiger partial charge in [-0.05, 0) is 18.1 Å². The molecule has 5 nitrogen and oxygen atoms in total. The summed E-state index contributed by atoms with van der Waals surface area (Å²) >= 11 is 0. The molecular formula is C14H19N3O2. The average molecular weight is 261 g/mol. The minimum atomic E-state index is -0.801. The molecule has 0 atom stereocenters. The number of aliphatic carboxylic acids is 1. The van der Waals surface area contributed by atoms with E-state index in [0.29, 0.717) is 12.5 Å². The predicted molar refractivity (Wildman–Crippen MR) is 72.9 cm³/mol. The van der Waals surface area contributed by atoms with E-state index in [1.54, 1.807) is 0 Å². The van der Waals surface area contributed by atoms with E-state index in [1.807, 2.05) is 39.9 Å². The van der Waals surface area contributed by atoms with Crippen molar-refractivity contribution < 1.29 is 9.90 Å². The molecule has 5 heteroatoms. The van der Waals surface area contributed by atoms with Gasteiger partial charge >= 0.3 is 5.97 Å². The molecule has 2 rings (SSSR count). The highest BCUT2D eigenvalue weighted by Gasteiger charge is 2.13. The topological polar surface area (TPSA) is 57.8 Å². The Bertz CT molecular complexity index is 530. The van der Waals surface area contributed by atoms with Crippen molar-refractivity contribution in [3.63, 3.8) is 0 Å². The highest BCUT2D eigenvalue weighted by molar-refractivity contribution is 5.69. The fourth-order valence-electron chi connectivity index (χ4n) is 2.19. The fourth-order valence-corrected chi connectivity index (χ4v) is 2.19. The molecule has 0 aliphatic rings. The molecule has 0 aromatic carbocycles. The van der Waals surface area contributed by atoms with E-state index in [2.05, 4.69) is 18.8 Å². The molecule has 0 bridgehead atoms. The molecule has 0 radical (unpaired) electrons. The van der Waals surface area contributed by atoms with Crippen molar-refractivity contribution in [1.82, 2.24) is 14.3 Å². The second kappa shape index (κ2) is 5.84. The van der Waals surface area contributed by atoms with Gasteiger partial charge in [-0.15, -0.1) is 0 Å². The third kappa shape index (κ3) is 3.79. The Kier molecular flexibility index (Phi) is 4.16. The predicted octanol–water partition coefficient (Wildman–Crippen LogP) is 1.88. The standard InChI is InChI=1S/C14H19N3O2/c1-11(2)7-16(10-14(18)19)8-12-9-17-6-4-3-5-13(17)15-12/h3-6,9,11H,7-8,10H2,1-2H3,(H,18,19). The number of hydrogen-bond acceptors (Lipinski definition) is 3. The Balaban J connectivity index is 2.12. The van der Waals surface area contributed by atoms with Crippen LogP contribution in [0.3, 0.4) is 0 Å². The van der Waals surface area contributed by atoms with E-state index in [0.717, 1.165) is 17.9 Å². The lowest BCUT2D eigenvalue weighted by atomic mass is 10.2. The first-order valence-corrected chi connectivity index (χ1v) is 6.41. The van der Waals surface area contributed by atoms with Gasteiger partial charge in [0.05, 0.1) is 12.2 Å². The Morgan fingerprint density at radius 3 is 2.89 bits per heavy atom. The van der Waals surface area contributed by atoms with Gasteiger partial charge in [0, 0.05) is 25.5 Å². The molecule has 0 amide bonds. The molecule has 0 spiro atoms. The van der Waals surface area contributed by atoms with Crippen LogP contribution in [0.5, 0.6) is 0 Å². The fraction of sp³-hybridized carbons (Fsp3) is 0.429. The van der Waals surface area contributed by atoms with Crippen LogP contribution < -0.4 is 0 Å². The van der Waals surface area contributed by atoms with Crippen LogP contribution in [0.2, 0.25) is 0 Å². The van der Waals surface area contributed by atoms with E-state index in [4.69, 9.17) is 5.11 Å². The van der Waals surface area contributed by atoms with Crippen LogP contribution in [0, 0.1) is 5.92 Å². The van der Waals surface area contributed by atoms with E-state index in [-0.39, 0.29) is 6.54 Å². The third-order valence-electron chi connectivity index (χ3n) is 2.78. The molecule has 102 valence electrons. The van der Waals surface area contributed by atoms with Crippen LogP contribution in [0.25, 0.3) is 5.65 Å². The maximum atomic E-state index is 10.9. The molecule has 2 aromatic rings. The Hall–Kier alpha value is -1.88. The lowest BCUT2D eigenvalue weighted by Gasteiger charge is -2.21. The number of carboxylic acid groups (broad SMARTS) is 1. The molecule has 19 heavy (non-hydrogen) atoms. The maximum Gasteiger partial charge on any atom is 0.317 e. The second-order valence-corrected chi connectivity index (χ2v) is 5.16. The summed E-state index contributed by atoms with van der Waals surface area (Å²) in [6, 6.07) is 5.82. The Labute approximate surface area is 112 Å². The van der Waals surface area contributed by atoms with E-state index in [9.17, 15) is 4.79 Å². The van der Waals surface area contributed by atoms with Crippen molar-refractivity contribution in [3.8, 4) is 0 Å². The molecular weight excluding hydrogens is 242 g/mol. The third-order valence-corrected chi connectivity index (χ3v) is 2.78. The van der Waals surface area contributed by atoms with Gasteiger partial charge < -0.3 is 9.51 Å². The van der Waals surface area contributed by atoms with Gasteiger partial charge in [0.2, 0.25) is 0 Å². The lowest BCUT2D eigenvalue weighted by molar-refractivity contribution is -0.138. The summed E-state index contributed by atoms with van der Waals surface area (Å²) in [7, 11) is 0. The van der Waals surface area contributed by atoms with Crippen LogP contribution in [0.15, 0.2) is 30.6 Å². The molecule has 0 saturated heterocycles. The van der Waals surface area contributed by atoms with Gasteiger partial charge in [-0.3, -0.25) is 9.69 Å². The van der Waals surface area contributed by atoms with Gasteiger partial charge in [-0.25, -0.2) is 4.98 Å². The first-order chi connectivity index (χ1) is 9.04. The molecule has 0 aliphatic carbocycles. The molecule has 2 aromatic heterocycles. The van der Waals surface area contributed by atoms with Crippen molar-refractivity contribution in [2.24, 2.45) is 5.92 Å². The van der Waals surface area contributed by atoms with Gasteiger partial charge in [0.25, 0.3) is 0 Å². The largest absolute Gasteiger partial charge is 0.480 e. The molecule has 2 heterocycles. The summed E-state index contributed by atoms with van der Waals surface area (Å²) in [6.07, 6.45) is 3.89. The molecule has 0 saturated carbocycles. The summed E-state index contributed by atoms with van der Waals surface area (Å²) in [6.45, 7) is 5.52. The number of carbonyl (C=O) groups is 1. The number of fused-ring (bicyclic) bond motifs is 1. The van der Waals surface area contributed by atoms with Gasteiger partial charge in [0.1, 0.15) is 5.65 Å². The first-order valence-electron chi connectivity index (χ1n) is 6.41. The number of aromatic nitrogens is 2. The highest BCUT2D eigenvalue weighted by Crippen LogP contribution is 2.09. The summed E-state index contributed by atoms with van der Waals surface area (Å²) in [5.41, 5.74) is 1.78. The van der Waals surface area contributed by atoms with Crippen molar-refractivity contribution in [1.29, 1.82) is 0 Å². The van der Waals surface area contributed by atoms with E-state index < -0.39 is 5.97 Å². The zero-order valence-corrected chi connectivity index (χ0v) is 11.3. The number of nitrogens with zero attached hydrogens (tertiary/aromatic N) is 3. The summed E-state index contributed by atoms with van der Waals surface area (Å²) < 4.78 is 1.95. The number of imidazole rings is 1. The number of pyridine rings is 1. The Morgan fingerprint density at radius 2 is 2.26 bits per heavy atom. The van der Waals surface area contributed by atoms with Crippen molar-refractivity contribution >= 4 is 11.6 Å². The Morgan fingerprint density at radius 1 is 1.47 bits per heavy atom. The zero-order chi connectivity index (χ0) is 13.8. The molecule has 0 aliphatic heterocycles. The smallest absolute Gasteiger partial charge is 0.317 e. The van der Waals surface area contributed by atoms with E-state index in [1.165, 1.54) is 0 Å². The number of hydrogen-bond donors (Lipinski definition) is 1. The lowest BCUT2D eigenvalue weighted by Crippen LogP contribution is -2.32. The summed E-state index contributed by atoms with van der Waals surface area (Å²) in [5, 5.41) is 8.95. The SMILES string of the molecule is CC(C)CN(CC(=O)O)Cc1cn2ccccc2n1. The molecule has 0 unspecified atom stereocenters. The monoisotopic (exact) mass is 261 g/mol. The van der Waals surface area contributed by atoms with Gasteiger partial charge in [-0.1, -0.05) is 19.9 Å². The van der Waals surface area contributed by atoms with E-state index >= 15 is 0 Å². The minimum absolute atomic E-state index is 0.0477. The minimum Gasteiger partial charge on any atom is -0.480 e. The van der Waals surface area contributed by atoms with Crippen LogP contribution >= 0.6 is 0 Å². The summed E-state index contributed by atoms with van der Waals surface area (Å²) in [4.78, 5) is 17.3. The van der Waals surface area contributed by atoms with Crippen LogP contribution in [-0.4, -0.2) is 38.4 Å².